The molecule has 1 heterocycles. The summed E-state index contributed by atoms with van der Waals surface area (Å²) in [5.41, 5.74) is 1.68. The normalized spacial score (nSPS) is 16.5. The van der Waals surface area contributed by atoms with E-state index < -0.39 is 11.6 Å². The van der Waals surface area contributed by atoms with Crippen LogP contribution >= 0.6 is 0 Å². The van der Waals surface area contributed by atoms with Crippen molar-refractivity contribution >= 4 is 24.0 Å². The summed E-state index contributed by atoms with van der Waals surface area (Å²) in [5, 5.41) is 5.44. The largest absolute Gasteiger partial charge is 0.459 e. The van der Waals surface area contributed by atoms with Crippen LogP contribution in [0.2, 0.25) is 0 Å². The number of rotatable bonds is 9. The van der Waals surface area contributed by atoms with Gasteiger partial charge in [-0.1, -0.05) is 25.5 Å². The number of hydrogen-bond donors (Lipinski definition) is 2. The van der Waals surface area contributed by atoms with E-state index in [0.29, 0.717) is 25.3 Å². The minimum Gasteiger partial charge on any atom is -0.459 e. The Hall–Kier alpha value is -2.41. The Morgan fingerprint density at radius 3 is 2.37 bits per heavy atom. The van der Waals surface area contributed by atoms with Gasteiger partial charge in [-0.3, -0.25) is 24.6 Å². The lowest BCUT2D eigenvalue weighted by Crippen LogP contribution is -2.39. The van der Waals surface area contributed by atoms with Gasteiger partial charge < -0.3 is 10.1 Å². The average Bonchev–Trinajstić information content (AvgIpc) is 2.67. The van der Waals surface area contributed by atoms with Gasteiger partial charge in [0.25, 0.3) is 0 Å². The standard InChI is InChI=1S/C23H35N3O4/c1-5-6-20(22(29)24-16-27)25-19-9-7-17(8-10-19)18-11-13-26(14-12-18)15-21(28)30-23(2,3)4/h7-10,16,18,20,25H,5-6,11-15H2,1-4H3,(H,24,27,29). The van der Waals surface area contributed by atoms with E-state index in [1.54, 1.807) is 0 Å². The van der Waals surface area contributed by atoms with Gasteiger partial charge in [-0.2, -0.15) is 0 Å². The molecule has 2 rings (SSSR count). The molecule has 7 heteroatoms. The number of anilines is 1. The van der Waals surface area contributed by atoms with Crippen molar-refractivity contribution < 1.29 is 19.1 Å². The van der Waals surface area contributed by atoms with Crippen molar-refractivity contribution in [2.45, 2.75) is 70.9 Å². The molecule has 1 aliphatic heterocycles. The predicted molar refractivity (Wildman–Crippen MR) is 117 cm³/mol. The van der Waals surface area contributed by atoms with Crippen LogP contribution in [-0.2, 0) is 19.1 Å². The van der Waals surface area contributed by atoms with Crippen molar-refractivity contribution in [3.05, 3.63) is 29.8 Å². The number of imide groups is 1. The van der Waals surface area contributed by atoms with Gasteiger partial charge >= 0.3 is 5.97 Å². The summed E-state index contributed by atoms with van der Waals surface area (Å²) in [6.45, 7) is 9.73. The fraction of sp³-hybridized carbons (Fsp3) is 0.609. The first kappa shape index (κ1) is 23.9. The summed E-state index contributed by atoms with van der Waals surface area (Å²) < 4.78 is 5.41. The Balaban J connectivity index is 1.86. The highest BCUT2D eigenvalue weighted by Crippen LogP contribution is 2.29. The molecule has 2 N–H and O–H groups in total. The molecule has 0 saturated carbocycles. The Morgan fingerprint density at radius 1 is 1.20 bits per heavy atom. The number of benzene rings is 1. The zero-order chi connectivity index (χ0) is 22.1. The van der Waals surface area contributed by atoms with E-state index in [1.807, 2.05) is 39.8 Å². The monoisotopic (exact) mass is 417 g/mol. The summed E-state index contributed by atoms with van der Waals surface area (Å²) in [7, 11) is 0. The molecule has 1 aromatic rings. The molecule has 1 atom stereocenters. The number of amides is 2. The van der Waals surface area contributed by atoms with Gasteiger partial charge in [0.1, 0.15) is 11.6 Å². The van der Waals surface area contributed by atoms with Gasteiger partial charge in [-0.25, -0.2) is 0 Å². The van der Waals surface area contributed by atoms with Crippen molar-refractivity contribution in [3.63, 3.8) is 0 Å². The zero-order valence-electron chi connectivity index (χ0n) is 18.6. The lowest BCUT2D eigenvalue weighted by Gasteiger charge is -2.32. The van der Waals surface area contributed by atoms with E-state index in [1.165, 1.54) is 5.56 Å². The van der Waals surface area contributed by atoms with Gasteiger partial charge in [-0.05, 0) is 76.7 Å². The maximum Gasteiger partial charge on any atom is 0.320 e. The number of hydrogen-bond acceptors (Lipinski definition) is 6. The van der Waals surface area contributed by atoms with Crippen LogP contribution in [0, 0.1) is 0 Å². The van der Waals surface area contributed by atoms with Gasteiger partial charge in [0.15, 0.2) is 0 Å². The first-order valence-electron chi connectivity index (χ1n) is 10.8. The summed E-state index contributed by atoms with van der Waals surface area (Å²) >= 11 is 0. The van der Waals surface area contributed by atoms with E-state index in [9.17, 15) is 14.4 Å². The van der Waals surface area contributed by atoms with E-state index in [-0.39, 0.29) is 11.9 Å². The zero-order valence-corrected chi connectivity index (χ0v) is 18.6. The lowest BCUT2D eigenvalue weighted by molar-refractivity contribution is -0.156. The molecule has 1 aromatic carbocycles. The molecule has 1 aliphatic rings. The van der Waals surface area contributed by atoms with Crippen molar-refractivity contribution in [1.82, 2.24) is 10.2 Å². The second-order valence-electron chi connectivity index (χ2n) is 8.87. The molecule has 1 saturated heterocycles. The first-order valence-corrected chi connectivity index (χ1v) is 10.8. The van der Waals surface area contributed by atoms with Gasteiger partial charge in [0.2, 0.25) is 12.3 Å². The molecule has 166 valence electrons. The molecule has 0 aromatic heterocycles. The first-order chi connectivity index (χ1) is 14.2. The second-order valence-corrected chi connectivity index (χ2v) is 8.87. The Labute approximate surface area is 179 Å². The van der Waals surface area contributed by atoms with E-state index >= 15 is 0 Å². The van der Waals surface area contributed by atoms with Crippen molar-refractivity contribution in [2.75, 3.05) is 25.0 Å². The number of esters is 1. The smallest absolute Gasteiger partial charge is 0.320 e. The van der Waals surface area contributed by atoms with Crippen LogP contribution in [0.4, 0.5) is 5.69 Å². The number of carbonyl (C=O) groups is 3. The lowest BCUT2D eigenvalue weighted by atomic mass is 9.89. The molecule has 2 amide bonds. The minimum absolute atomic E-state index is 0.170. The summed E-state index contributed by atoms with van der Waals surface area (Å²) in [6, 6.07) is 7.73. The van der Waals surface area contributed by atoms with Crippen LogP contribution in [0.15, 0.2) is 24.3 Å². The second kappa shape index (κ2) is 11.1. The molecule has 0 aliphatic carbocycles. The molecule has 1 unspecified atom stereocenters. The number of ether oxygens (including phenoxy) is 1. The molecule has 1 fully saturated rings. The Kier molecular flexibility index (Phi) is 8.84. The number of nitrogens with one attached hydrogen (secondary N) is 2. The quantitative estimate of drug-likeness (QED) is 0.474. The summed E-state index contributed by atoms with van der Waals surface area (Å²) in [4.78, 5) is 36.7. The molecule has 30 heavy (non-hydrogen) atoms. The number of carbonyl (C=O) groups excluding carboxylic acids is 3. The fourth-order valence-corrected chi connectivity index (χ4v) is 3.75. The molecular formula is C23H35N3O4. The van der Waals surface area contributed by atoms with Crippen LogP contribution in [0.25, 0.3) is 0 Å². The Bertz CT molecular complexity index is 704. The number of likely N-dealkylation sites (tertiary alicyclic amines) is 1. The molecule has 0 bridgehead atoms. The van der Waals surface area contributed by atoms with Crippen LogP contribution in [0.1, 0.15) is 64.9 Å². The van der Waals surface area contributed by atoms with Crippen LogP contribution in [-0.4, -0.2) is 54.5 Å². The van der Waals surface area contributed by atoms with Crippen molar-refractivity contribution in [3.8, 4) is 0 Å². The maximum atomic E-state index is 12.0. The molecular weight excluding hydrogens is 382 g/mol. The SMILES string of the molecule is CCCC(Nc1ccc(C2CCN(CC(=O)OC(C)(C)C)CC2)cc1)C(=O)NC=O. The third-order valence-electron chi connectivity index (χ3n) is 5.18. The van der Waals surface area contributed by atoms with Gasteiger partial charge in [-0.15, -0.1) is 0 Å². The van der Waals surface area contributed by atoms with E-state index in [0.717, 1.165) is 38.0 Å². The predicted octanol–water partition coefficient (Wildman–Crippen LogP) is 3.06. The van der Waals surface area contributed by atoms with E-state index in [2.05, 4.69) is 27.7 Å². The number of piperidine rings is 1. The van der Waals surface area contributed by atoms with Crippen LogP contribution < -0.4 is 10.6 Å². The summed E-state index contributed by atoms with van der Waals surface area (Å²) in [5.74, 6) is -0.0244. The molecule has 0 radical (unpaired) electrons. The third kappa shape index (κ3) is 7.78. The third-order valence-corrected chi connectivity index (χ3v) is 5.18. The highest BCUT2D eigenvalue weighted by Gasteiger charge is 2.24. The molecule has 7 nitrogen and oxygen atoms in total. The van der Waals surface area contributed by atoms with Crippen molar-refractivity contribution in [2.24, 2.45) is 0 Å². The Morgan fingerprint density at radius 2 is 1.83 bits per heavy atom. The molecule has 0 spiro atoms. The highest BCUT2D eigenvalue weighted by atomic mass is 16.6. The minimum atomic E-state index is -0.449. The van der Waals surface area contributed by atoms with Crippen LogP contribution in [0.5, 0.6) is 0 Å². The van der Waals surface area contributed by atoms with E-state index in [4.69, 9.17) is 4.74 Å². The number of nitrogens with zero attached hydrogens (tertiary/aromatic N) is 1. The highest BCUT2D eigenvalue weighted by molar-refractivity contribution is 5.91. The van der Waals surface area contributed by atoms with Gasteiger partial charge in [0, 0.05) is 5.69 Å². The van der Waals surface area contributed by atoms with Crippen molar-refractivity contribution in [1.29, 1.82) is 0 Å². The van der Waals surface area contributed by atoms with Crippen LogP contribution in [0.3, 0.4) is 0 Å². The topological polar surface area (TPSA) is 87.7 Å². The average molecular weight is 418 g/mol. The summed E-state index contributed by atoms with van der Waals surface area (Å²) in [6.07, 6.45) is 3.90. The maximum absolute atomic E-state index is 12.0. The van der Waals surface area contributed by atoms with Gasteiger partial charge in [0.05, 0.1) is 6.54 Å². The fourth-order valence-electron chi connectivity index (χ4n) is 3.75.